The molecule has 1 aromatic carbocycles. The Morgan fingerprint density at radius 1 is 1.24 bits per heavy atom. The molecule has 21 heavy (non-hydrogen) atoms. The molecule has 0 saturated heterocycles. The number of rotatable bonds is 6. The maximum absolute atomic E-state index is 11.8. The molecule has 0 radical (unpaired) electrons. The first kappa shape index (κ1) is 15.3. The van der Waals surface area contributed by atoms with Crippen molar-refractivity contribution >= 4 is 5.91 Å². The SMILES string of the molecule is CCCNC(=O)Cc1nc(-c2ccc(CC)cc2)oc1C. The number of carbonyl (C=O) groups is 1. The minimum atomic E-state index is -0.0128. The number of oxazole rings is 1. The predicted molar refractivity (Wildman–Crippen MR) is 83.1 cm³/mol. The number of carbonyl (C=O) groups excluding carboxylic acids is 1. The molecule has 1 N–H and O–H groups in total. The van der Waals surface area contributed by atoms with Gasteiger partial charge >= 0.3 is 0 Å². The minimum absolute atomic E-state index is 0.0128. The van der Waals surface area contributed by atoms with Crippen molar-refractivity contribution in [1.82, 2.24) is 10.3 Å². The smallest absolute Gasteiger partial charge is 0.226 e. The van der Waals surface area contributed by atoms with Crippen LogP contribution in [0.15, 0.2) is 28.7 Å². The fraction of sp³-hybridized carbons (Fsp3) is 0.412. The first-order valence-corrected chi connectivity index (χ1v) is 7.46. The first-order valence-electron chi connectivity index (χ1n) is 7.46. The van der Waals surface area contributed by atoms with E-state index in [4.69, 9.17) is 4.42 Å². The number of hydrogen-bond acceptors (Lipinski definition) is 3. The highest BCUT2D eigenvalue weighted by molar-refractivity contribution is 5.78. The third kappa shape index (κ3) is 3.94. The van der Waals surface area contributed by atoms with Gasteiger partial charge in [0, 0.05) is 12.1 Å². The molecule has 1 aromatic heterocycles. The number of aryl methyl sites for hydroxylation is 2. The van der Waals surface area contributed by atoms with Crippen LogP contribution in [-0.4, -0.2) is 17.4 Å². The average Bonchev–Trinajstić information content (AvgIpc) is 2.86. The van der Waals surface area contributed by atoms with E-state index in [0.717, 1.165) is 18.4 Å². The summed E-state index contributed by atoms with van der Waals surface area (Å²) in [6, 6.07) is 8.15. The van der Waals surface area contributed by atoms with Gasteiger partial charge in [-0.3, -0.25) is 4.79 Å². The Labute approximate surface area is 125 Å². The fourth-order valence-electron chi connectivity index (χ4n) is 2.08. The number of amides is 1. The molecule has 2 rings (SSSR count). The Kier molecular flexibility index (Phi) is 5.14. The minimum Gasteiger partial charge on any atom is -0.441 e. The van der Waals surface area contributed by atoms with Crippen LogP contribution in [0.2, 0.25) is 0 Å². The Bertz CT molecular complexity index is 600. The van der Waals surface area contributed by atoms with Crippen LogP contribution < -0.4 is 5.32 Å². The molecule has 0 fully saturated rings. The van der Waals surface area contributed by atoms with Crippen molar-refractivity contribution in [1.29, 1.82) is 0 Å². The quantitative estimate of drug-likeness (QED) is 0.886. The lowest BCUT2D eigenvalue weighted by atomic mass is 10.1. The van der Waals surface area contributed by atoms with Gasteiger partial charge in [-0.15, -0.1) is 0 Å². The molecule has 0 atom stereocenters. The van der Waals surface area contributed by atoms with Crippen molar-refractivity contribution in [3.05, 3.63) is 41.3 Å². The summed E-state index contributed by atoms with van der Waals surface area (Å²) < 4.78 is 5.69. The van der Waals surface area contributed by atoms with E-state index in [9.17, 15) is 4.79 Å². The summed E-state index contributed by atoms with van der Waals surface area (Å²) in [6.07, 6.45) is 2.20. The molecular formula is C17H22N2O2. The van der Waals surface area contributed by atoms with Gasteiger partial charge in [0.05, 0.1) is 12.1 Å². The number of hydrogen-bond donors (Lipinski definition) is 1. The Balaban J connectivity index is 2.12. The second kappa shape index (κ2) is 7.07. The molecular weight excluding hydrogens is 264 g/mol. The van der Waals surface area contributed by atoms with Crippen LogP contribution in [-0.2, 0) is 17.6 Å². The normalized spacial score (nSPS) is 10.6. The summed E-state index contributed by atoms with van der Waals surface area (Å²) in [7, 11) is 0. The van der Waals surface area contributed by atoms with Gasteiger partial charge < -0.3 is 9.73 Å². The van der Waals surface area contributed by atoms with Gasteiger partial charge in [0.2, 0.25) is 11.8 Å². The predicted octanol–water partition coefficient (Wildman–Crippen LogP) is 3.28. The Morgan fingerprint density at radius 2 is 1.95 bits per heavy atom. The van der Waals surface area contributed by atoms with Crippen molar-refractivity contribution in [3.63, 3.8) is 0 Å². The van der Waals surface area contributed by atoms with Crippen molar-refractivity contribution in [3.8, 4) is 11.5 Å². The van der Waals surface area contributed by atoms with E-state index < -0.39 is 0 Å². The maximum Gasteiger partial charge on any atom is 0.226 e. The van der Waals surface area contributed by atoms with Crippen molar-refractivity contribution < 1.29 is 9.21 Å². The first-order chi connectivity index (χ1) is 10.1. The number of nitrogens with one attached hydrogen (secondary N) is 1. The van der Waals surface area contributed by atoms with Crippen LogP contribution in [0.25, 0.3) is 11.5 Å². The summed E-state index contributed by atoms with van der Waals surface area (Å²) in [5.41, 5.74) is 2.93. The van der Waals surface area contributed by atoms with E-state index in [2.05, 4.69) is 29.4 Å². The van der Waals surface area contributed by atoms with Crippen LogP contribution >= 0.6 is 0 Å². The van der Waals surface area contributed by atoms with Crippen molar-refractivity contribution in [2.24, 2.45) is 0 Å². The highest BCUT2D eigenvalue weighted by Gasteiger charge is 2.14. The fourth-order valence-corrected chi connectivity index (χ4v) is 2.08. The molecule has 1 amide bonds. The molecule has 1 heterocycles. The van der Waals surface area contributed by atoms with Gasteiger partial charge in [-0.1, -0.05) is 26.0 Å². The molecule has 0 spiro atoms. The summed E-state index contributed by atoms with van der Waals surface area (Å²) >= 11 is 0. The zero-order valence-electron chi connectivity index (χ0n) is 12.9. The lowest BCUT2D eigenvalue weighted by Gasteiger charge is -2.00. The summed E-state index contributed by atoms with van der Waals surface area (Å²) in [5.74, 6) is 1.27. The molecule has 0 aliphatic heterocycles. The zero-order valence-corrected chi connectivity index (χ0v) is 12.9. The lowest BCUT2D eigenvalue weighted by molar-refractivity contribution is -0.120. The molecule has 2 aromatic rings. The highest BCUT2D eigenvalue weighted by Crippen LogP contribution is 2.22. The number of benzene rings is 1. The van der Waals surface area contributed by atoms with Gasteiger partial charge in [0.1, 0.15) is 5.76 Å². The molecule has 112 valence electrons. The van der Waals surface area contributed by atoms with Gasteiger partial charge in [-0.05, 0) is 37.5 Å². The van der Waals surface area contributed by atoms with Crippen molar-refractivity contribution in [2.45, 2.75) is 40.0 Å². The maximum atomic E-state index is 11.8. The van der Waals surface area contributed by atoms with Crippen LogP contribution in [0.3, 0.4) is 0 Å². The van der Waals surface area contributed by atoms with E-state index in [1.165, 1.54) is 5.56 Å². The highest BCUT2D eigenvalue weighted by atomic mass is 16.4. The topological polar surface area (TPSA) is 55.1 Å². The average molecular weight is 286 g/mol. The second-order valence-electron chi connectivity index (χ2n) is 5.10. The molecule has 0 aliphatic rings. The summed E-state index contributed by atoms with van der Waals surface area (Å²) in [6.45, 7) is 6.69. The summed E-state index contributed by atoms with van der Waals surface area (Å²) in [4.78, 5) is 16.2. The largest absolute Gasteiger partial charge is 0.441 e. The van der Waals surface area contributed by atoms with E-state index in [1.807, 2.05) is 26.0 Å². The van der Waals surface area contributed by atoms with Gasteiger partial charge in [-0.2, -0.15) is 0 Å². The van der Waals surface area contributed by atoms with Gasteiger partial charge in [-0.25, -0.2) is 4.98 Å². The molecule has 0 bridgehead atoms. The lowest BCUT2D eigenvalue weighted by Crippen LogP contribution is -2.26. The van der Waals surface area contributed by atoms with E-state index >= 15 is 0 Å². The van der Waals surface area contributed by atoms with E-state index in [0.29, 0.717) is 23.9 Å². The third-order valence-electron chi connectivity index (χ3n) is 3.40. The molecule has 4 heteroatoms. The van der Waals surface area contributed by atoms with Gasteiger partial charge in [0.25, 0.3) is 0 Å². The standard InChI is InChI=1S/C17H22N2O2/c1-4-10-18-16(20)11-15-12(3)21-17(19-15)14-8-6-13(5-2)7-9-14/h6-9H,4-5,10-11H2,1-3H3,(H,18,20). The van der Waals surface area contributed by atoms with Crippen LogP contribution in [0.4, 0.5) is 0 Å². The zero-order chi connectivity index (χ0) is 15.2. The molecule has 4 nitrogen and oxygen atoms in total. The summed E-state index contributed by atoms with van der Waals surface area (Å²) in [5, 5.41) is 2.85. The number of nitrogens with zero attached hydrogens (tertiary/aromatic N) is 1. The van der Waals surface area contributed by atoms with Crippen LogP contribution in [0.1, 0.15) is 37.3 Å². The monoisotopic (exact) mass is 286 g/mol. The van der Waals surface area contributed by atoms with Gasteiger partial charge in [0.15, 0.2) is 0 Å². The van der Waals surface area contributed by atoms with E-state index in [-0.39, 0.29) is 12.3 Å². The Hall–Kier alpha value is -2.10. The third-order valence-corrected chi connectivity index (χ3v) is 3.40. The van der Waals surface area contributed by atoms with Crippen LogP contribution in [0.5, 0.6) is 0 Å². The Morgan fingerprint density at radius 3 is 2.57 bits per heavy atom. The molecule has 0 unspecified atom stereocenters. The van der Waals surface area contributed by atoms with E-state index in [1.54, 1.807) is 0 Å². The second-order valence-corrected chi connectivity index (χ2v) is 5.10. The molecule has 0 aliphatic carbocycles. The van der Waals surface area contributed by atoms with Crippen LogP contribution in [0, 0.1) is 6.92 Å². The molecule has 0 saturated carbocycles. The number of aromatic nitrogens is 1. The van der Waals surface area contributed by atoms with Crippen molar-refractivity contribution in [2.75, 3.05) is 6.54 Å².